The monoisotopic (exact) mass is 384 g/mol. The Kier molecular flexibility index (Phi) is 6.44. The van der Waals surface area contributed by atoms with E-state index in [4.69, 9.17) is 5.11 Å². The van der Waals surface area contributed by atoms with E-state index in [1.165, 1.54) is 0 Å². The van der Waals surface area contributed by atoms with Crippen LogP contribution in [0.4, 0.5) is 0 Å². The minimum atomic E-state index is -1.51. The lowest BCUT2D eigenvalue weighted by Gasteiger charge is -2.15. The molecule has 0 radical (unpaired) electrons. The number of carbonyl (C=O) groups is 1. The second-order valence-corrected chi connectivity index (χ2v) is 6.66. The number of benzene rings is 3. The highest BCUT2D eigenvalue weighted by Crippen LogP contribution is 2.32. The van der Waals surface area contributed by atoms with E-state index in [1.54, 1.807) is 18.2 Å². The van der Waals surface area contributed by atoms with Crippen LogP contribution in [0, 0.1) is 0 Å². The standard InChI is InChI=1S/C24H21BO4/c1-17(19-5-3-2-4-6-19)24(21-12-14-22(15-13-21)25(28)29)20-10-7-18(8-11-20)9-16-23(26)27/h2-16,28-29H,1H3,(H,26,27)/b16-9+,24-17+. The molecule has 0 aliphatic rings. The van der Waals surface area contributed by atoms with Crippen molar-refractivity contribution in [1.29, 1.82) is 0 Å². The van der Waals surface area contributed by atoms with Crippen LogP contribution in [0.2, 0.25) is 0 Å². The molecule has 29 heavy (non-hydrogen) atoms. The Morgan fingerprint density at radius 1 is 0.793 bits per heavy atom. The summed E-state index contributed by atoms with van der Waals surface area (Å²) in [7, 11) is -1.51. The highest BCUT2D eigenvalue weighted by atomic mass is 16.4. The fourth-order valence-corrected chi connectivity index (χ4v) is 3.18. The third-order valence-electron chi connectivity index (χ3n) is 4.70. The van der Waals surface area contributed by atoms with Crippen LogP contribution in [0.15, 0.2) is 84.9 Å². The highest BCUT2D eigenvalue weighted by Gasteiger charge is 2.14. The van der Waals surface area contributed by atoms with Crippen molar-refractivity contribution in [2.75, 3.05) is 0 Å². The average molecular weight is 384 g/mol. The van der Waals surface area contributed by atoms with Gasteiger partial charge in [-0.25, -0.2) is 4.79 Å². The van der Waals surface area contributed by atoms with Gasteiger partial charge < -0.3 is 15.2 Å². The van der Waals surface area contributed by atoms with E-state index >= 15 is 0 Å². The molecule has 0 unspecified atom stereocenters. The van der Waals surface area contributed by atoms with Gasteiger partial charge in [-0.3, -0.25) is 0 Å². The van der Waals surface area contributed by atoms with Crippen LogP contribution >= 0.6 is 0 Å². The zero-order valence-corrected chi connectivity index (χ0v) is 16.0. The number of hydrogen-bond donors (Lipinski definition) is 3. The van der Waals surface area contributed by atoms with Crippen LogP contribution in [0.5, 0.6) is 0 Å². The van der Waals surface area contributed by atoms with Crippen LogP contribution in [0.1, 0.15) is 29.2 Å². The Bertz CT molecular complexity index is 1030. The van der Waals surface area contributed by atoms with Crippen LogP contribution in [-0.2, 0) is 4.79 Å². The maximum absolute atomic E-state index is 10.7. The van der Waals surface area contributed by atoms with Gasteiger partial charge in [-0.2, -0.15) is 0 Å². The Labute approximate surface area is 170 Å². The zero-order chi connectivity index (χ0) is 20.8. The first-order valence-corrected chi connectivity index (χ1v) is 9.20. The largest absolute Gasteiger partial charge is 0.488 e. The van der Waals surface area contributed by atoms with Gasteiger partial charge in [-0.1, -0.05) is 78.9 Å². The molecule has 0 aliphatic heterocycles. The van der Waals surface area contributed by atoms with Gasteiger partial charge in [0, 0.05) is 6.08 Å². The summed E-state index contributed by atoms with van der Waals surface area (Å²) >= 11 is 0. The summed E-state index contributed by atoms with van der Waals surface area (Å²) in [5.74, 6) is -0.985. The van der Waals surface area contributed by atoms with E-state index in [1.807, 2.05) is 66.7 Å². The minimum Gasteiger partial charge on any atom is -0.478 e. The van der Waals surface area contributed by atoms with Crippen molar-refractivity contribution < 1.29 is 19.9 Å². The van der Waals surface area contributed by atoms with Crippen LogP contribution in [0.25, 0.3) is 17.2 Å². The molecule has 0 aromatic heterocycles. The van der Waals surface area contributed by atoms with Gasteiger partial charge in [0.15, 0.2) is 0 Å². The lowest BCUT2D eigenvalue weighted by atomic mass is 9.79. The van der Waals surface area contributed by atoms with E-state index in [2.05, 4.69) is 6.92 Å². The molecule has 0 fully saturated rings. The van der Waals surface area contributed by atoms with E-state index in [9.17, 15) is 14.8 Å². The van der Waals surface area contributed by atoms with Gasteiger partial charge in [0.1, 0.15) is 0 Å². The number of hydrogen-bond acceptors (Lipinski definition) is 3. The maximum atomic E-state index is 10.7. The molecule has 0 spiro atoms. The predicted octanol–water partition coefficient (Wildman–Crippen LogP) is 3.44. The molecule has 3 N–H and O–H groups in total. The van der Waals surface area contributed by atoms with E-state index in [0.717, 1.165) is 39.5 Å². The van der Waals surface area contributed by atoms with E-state index in [-0.39, 0.29) is 0 Å². The Hall–Kier alpha value is -3.41. The fourth-order valence-electron chi connectivity index (χ4n) is 3.18. The van der Waals surface area contributed by atoms with E-state index in [0.29, 0.717) is 5.46 Å². The molecule has 0 atom stereocenters. The Balaban J connectivity index is 2.09. The lowest BCUT2D eigenvalue weighted by Crippen LogP contribution is -2.29. The third-order valence-corrected chi connectivity index (χ3v) is 4.70. The van der Waals surface area contributed by atoms with Crippen molar-refractivity contribution in [1.82, 2.24) is 0 Å². The van der Waals surface area contributed by atoms with E-state index < -0.39 is 13.1 Å². The number of rotatable bonds is 6. The fraction of sp³-hybridized carbons (Fsp3) is 0.0417. The predicted molar refractivity (Wildman–Crippen MR) is 117 cm³/mol. The third kappa shape index (κ3) is 5.10. The molecule has 0 saturated heterocycles. The average Bonchev–Trinajstić information content (AvgIpc) is 2.74. The van der Waals surface area contributed by atoms with Crippen molar-refractivity contribution in [2.24, 2.45) is 0 Å². The summed E-state index contributed by atoms with van der Waals surface area (Å²) in [4.78, 5) is 10.7. The normalized spacial score (nSPS) is 12.0. The quantitative estimate of drug-likeness (QED) is 0.346. The summed E-state index contributed by atoms with van der Waals surface area (Å²) in [6, 6.07) is 24.8. The maximum Gasteiger partial charge on any atom is 0.488 e. The molecule has 3 aromatic rings. The number of allylic oxidation sites excluding steroid dienone is 1. The van der Waals surface area contributed by atoms with Gasteiger partial charge in [0.25, 0.3) is 0 Å². The van der Waals surface area contributed by atoms with Gasteiger partial charge in [0.05, 0.1) is 0 Å². The summed E-state index contributed by atoms with van der Waals surface area (Å²) in [6.07, 6.45) is 2.66. The molecule has 5 heteroatoms. The summed E-state index contributed by atoms with van der Waals surface area (Å²) in [6.45, 7) is 2.05. The highest BCUT2D eigenvalue weighted by molar-refractivity contribution is 6.58. The molecule has 144 valence electrons. The summed E-state index contributed by atoms with van der Waals surface area (Å²) < 4.78 is 0. The molecule has 0 saturated carbocycles. The van der Waals surface area contributed by atoms with Gasteiger partial charge in [0.2, 0.25) is 0 Å². The molecular formula is C24H21BO4. The number of carboxylic acid groups (broad SMARTS) is 1. The first kappa shape index (κ1) is 20.3. The second-order valence-electron chi connectivity index (χ2n) is 6.66. The van der Waals surface area contributed by atoms with Crippen molar-refractivity contribution in [2.45, 2.75) is 6.92 Å². The first-order valence-electron chi connectivity index (χ1n) is 9.20. The van der Waals surface area contributed by atoms with Gasteiger partial charge in [-0.05, 0) is 51.9 Å². The lowest BCUT2D eigenvalue weighted by molar-refractivity contribution is -0.131. The van der Waals surface area contributed by atoms with Gasteiger partial charge >= 0.3 is 13.1 Å². The van der Waals surface area contributed by atoms with Crippen molar-refractivity contribution in [3.63, 3.8) is 0 Å². The number of aliphatic carboxylic acids is 1. The SMILES string of the molecule is C/C(=C(/c1ccc(/C=C/C(=O)O)cc1)c1ccc(B(O)O)cc1)c1ccccc1. The molecule has 3 rings (SSSR count). The first-order chi connectivity index (χ1) is 14.0. The molecule has 0 heterocycles. The van der Waals surface area contributed by atoms with Crippen molar-refractivity contribution in [3.8, 4) is 0 Å². The molecule has 3 aromatic carbocycles. The molecule has 0 amide bonds. The number of carboxylic acids is 1. The van der Waals surface area contributed by atoms with Crippen molar-refractivity contribution >= 4 is 35.8 Å². The van der Waals surface area contributed by atoms with Crippen LogP contribution < -0.4 is 5.46 Å². The summed E-state index contributed by atoms with van der Waals surface area (Å²) in [5.41, 5.74) is 6.34. The Morgan fingerprint density at radius 2 is 1.34 bits per heavy atom. The van der Waals surface area contributed by atoms with Crippen LogP contribution in [-0.4, -0.2) is 28.2 Å². The molecule has 0 bridgehead atoms. The Morgan fingerprint density at radius 3 is 1.86 bits per heavy atom. The molecule has 4 nitrogen and oxygen atoms in total. The second kappa shape index (κ2) is 9.19. The zero-order valence-electron chi connectivity index (χ0n) is 16.0. The molecular weight excluding hydrogens is 363 g/mol. The van der Waals surface area contributed by atoms with Gasteiger partial charge in [-0.15, -0.1) is 0 Å². The van der Waals surface area contributed by atoms with Crippen LogP contribution in [0.3, 0.4) is 0 Å². The summed E-state index contributed by atoms with van der Waals surface area (Å²) in [5, 5.41) is 27.5. The van der Waals surface area contributed by atoms with Crippen molar-refractivity contribution in [3.05, 3.63) is 107 Å². The minimum absolute atomic E-state index is 0.430. The smallest absolute Gasteiger partial charge is 0.478 e. The topological polar surface area (TPSA) is 77.8 Å². The molecule has 0 aliphatic carbocycles.